The van der Waals surface area contributed by atoms with Crippen LogP contribution in [0.2, 0.25) is 5.02 Å². The number of carbonyl (C=O) groups is 1. The number of amides is 1. The molecule has 0 bridgehead atoms. The van der Waals surface area contributed by atoms with Crippen LogP contribution in [0.3, 0.4) is 0 Å². The first-order valence-corrected chi connectivity index (χ1v) is 10.8. The zero-order valence-electron chi connectivity index (χ0n) is 15.2. The molecule has 0 unspecified atom stereocenters. The van der Waals surface area contributed by atoms with E-state index in [2.05, 4.69) is 5.32 Å². The molecule has 6 nitrogen and oxygen atoms in total. The average Bonchev–Trinajstić information content (AvgIpc) is 3.15. The average molecular weight is 411 g/mol. The van der Waals surface area contributed by atoms with Gasteiger partial charge in [0.15, 0.2) is 0 Å². The molecule has 0 aliphatic carbocycles. The van der Waals surface area contributed by atoms with Crippen molar-refractivity contribution < 1.29 is 17.6 Å². The van der Waals surface area contributed by atoms with Crippen molar-refractivity contribution in [2.24, 2.45) is 0 Å². The van der Waals surface area contributed by atoms with Crippen molar-refractivity contribution in [2.75, 3.05) is 13.1 Å². The van der Waals surface area contributed by atoms with Crippen molar-refractivity contribution in [3.05, 3.63) is 52.9 Å². The lowest BCUT2D eigenvalue weighted by atomic mass is 10.1. The topological polar surface area (TPSA) is 79.6 Å². The molecule has 8 heteroatoms. The minimum absolute atomic E-state index is 0.0950. The summed E-state index contributed by atoms with van der Waals surface area (Å²) in [5.41, 5.74) is 0.154. The van der Waals surface area contributed by atoms with Gasteiger partial charge < -0.3 is 9.73 Å². The van der Waals surface area contributed by atoms with E-state index in [1.165, 1.54) is 22.5 Å². The Morgan fingerprint density at radius 3 is 2.67 bits per heavy atom. The Labute approximate surface area is 164 Å². The third-order valence-corrected chi connectivity index (χ3v) is 6.82. The van der Waals surface area contributed by atoms with Crippen molar-refractivity contribution in [3.8, 4) is 0 Å². The summed E-state index contributed by atoms with van der Waals surface area (Å²) in [6, 6.07) is 7.71. The molecular formula is C19H23ClN2O4S. The van der Waals surface area contributed by atoms with E-state index in [9.17, 15) is 13.2 Å². The molecule has 1 saturated heterocycles. The fourth-order valence-electron chi connectivity index (χ4n) is 3.18. The Morgan fingerprint density at radius 1 is 1.26 bits per heavy atom. The Kier molecular flexibility index (Phi) is 6.24. The summed E-state index contributed by atoms with van der Waals surface area (Å²) < 4.78 is 32.4. The summed E-state index contributed by atoms with van der Waals surface area (Å²) in [5, 5.41) is 3.06. The van der Waals surface area contributed by atoms with Crippen LogP contribution in [0.5, 0.6) is 0 Å². The Morgan fingerprint density at radius 2 is 2.00 bits per heavy atom. The van der Waals surface area contributed by atoms with Gasteiger partial charge >= 0.3 is 0 Å². The van der Waals surface area contributed by atoms with Gasteiger partial charge in [0.05, 0.1) is 21.7 Å². The molecular weight excluding hydrogens is 388 g/mol. The van der Waals surface area contributed by atoms with E-state index in [4.69, 9.17) is 16.0 Å². The third-order valence-electron chi connectivity index (χ3n) is 4.60. The number of carbonyl (C=O) groups excluding carboxylic acids is 1. The monoisotopic (exact) mass is 410 g/mol. The van der Waals surface area contributed by atoms with Gasteiger partial charge in [0.25, 0.3) is 5.91 Å². The van der Waals surface area contributed by atoms with E-state index in [0.29, 0.717) is 19.5 Å². The van der Waals surface area contributed by atoms with E-state index in [0.717, 1.165) is 25.0 Å². The predicted molar refractivity (Wildman–Crippen MR) is 103 cm³/mol. The maximum atomic E-state index is 12.8. The van der Waals surface area contributed by atoms with Gasteiger partial charge in [-0.3, -0.25) is 4.79 Å². The van der Waals surface area contributed by atoms with Crippen LogP contribution in [0.25, 0.3) is 0 Å². The van der Waals surface area contributed by atoms with Gasteiger partial charge in [-0.15, -0.1) is 0 Å². The molecule has 1 N–H and O–H groups in total. The molecule has 1 aliphatic heterocycles. The molecule has 1 atom stereocenters. The molecule has 27 heavy (non-hydrogen) atoms. The lowest BCUT2D eigenvalue weighted by Crippen LogP contribution is -2.36. The maximum absolute atomic E-state index is 12.8. The summed E-state index contributed by atoms with van der Waals surface area (Å²) in [5.74, 6) is 0.352. The molecule has 1 fully saturated rings. The first-order valence-electron chi connectivity index (χ1n) is 9.01. The molecule has 146 valence electrons. The van der Waals surface area contributed by atoms with Crippen LogP contribution < -0.4 is 5.32 Å². The van der Waals surface area contributed by atoms with E-state index in [-0.39, 0.29) is 21.5 Å². The van der Waals surface area contributed by atoms with Crippen molar-refractivity contribution in [1.29, 1.82) is 0 Å². The molecule has 1 aromatic carbocycles. The smallest absolute Gasteiger partial charge is 0.253 e. The highest BCUT2D eigenvalue weighted by atomic mass is 35.5. The fraction of sp³-hybridized carbons (Fsp3) is 0.421. The lowest BCUT2D eigenvalue weighted by molar-refractivity contribution is 0.0939. The van der Waals surface area contributed by atoms with E-state index >= 15 is 0 Å². The highest BCUT2D eigenvalue weighted by Gasteiger charge is 2.27. The number of piperidine rings is 1. The van der Waals surface area contributed by atoms with Gasteiger partial charge in [0.1, 0.15) is 5.76 Å². The molecule has 1 amide bonds. The molecule has 2 heterocycles. The second-order valence-electron chi connectivity index (χ2n) is 6.76. The van der Waals surface area contributed by atoms with Gasteiger partial charge in [-0.05, 0) is 50.1 Å². The van der Waals surface area contributed by atoms with Crippen molar-refractivity contribution in [3.63, 3.8) is 0 Å². The van der Waals surface area contributed by atoms with Gasteiger partial charge in [-0.1, -0.05) is 18.0 Å². The molecule has 0 saturated carbocycles. The zero-order valence-corrected chi connectivity index (χ0v) is 16.7. The van der Waals surface area contributed by atoms with Crippen LogP contribution in [0.4, 0.5) is 0 Å². The quantitative estimate of drug-likeness (QED) is 0.790. The summed E-state index contributed by atoms with van der Waals surface area (Å²) in [6.07, 6.45) is 4.85. The van der Waals surface area contributed by atoms with Crippen LogP contribution in [0, 0.1) is 0 Å². The van der Waals surface area contributed by atoms with Gasteiger partial charge in [-0.2, -0.15) is 4.31 Å². The van der Waals surface area contributed by atoms with E-state index in [1.54, 1.807) is 12.3 Å². The second-order valence-corrected chi connectivity index (χ2v) is 9.11. The molecule has 0 spiro atoms. The number of hydrogen-bond donors (Lipinski definition) is 1. The van der Waals surface area contributed by atoms with Crippen molar-refractivity contribution in [1.82, 2.24) is 9.62 Å². The Balaban J connectivity index is 1.77. The van der Waals surface area contributed by atoms with E-state index in [1.807, 2.05) is 13.0 Å². The second kappa shape index (κ2) is 8.46. The molecule has 1 aromatic heterocycles. The number of hydrogen-bond acceptors (Lipinski definition) is 4. The number of rotatable bonds is 6. The number of furan rings is 1. The van der Waals surface area contributed by atoms with Crippen molar-refractivity contribution in [2.45, 2.75) is 43.5 Å². The lowest BCUT2D eigenvalue weighted by Gasteiger charge is -2.26. The Bertz CT molecular complexity index is 890. The van der Waals surface area contributed by atoms with Crippen molar-refractivity contribution >= 4 is 27.5 Å². The van der Waals surface area contributed by atoms with E-state index < -0.39 is 15.9 Å². The molecule has 0 radical (unpaired) electrons. The largest absolute Gasteiger partial charge is 0.469 e. The number of nitrogens with one attached hydrogen (secondary N) is 1. The summed E-state index contributed by atoms with van der Waals surface area (Å²) >= 11 is 6.17. The number of benzene rings is 1. The summed E-state index contributed by atoms with van der Waals surface area (Å²) in [4.78, 5) is 12.7. The first-order chi connectivity index (χ1) is 12.9. The standard InChI is InChI=1S/C19H23ClN2O4S/c1-14(12-15-6-5-11-26-15)21-19(23)17-13-16(7-8-18(17)20)27(24,25)22-9-3-2-4-10-22/h5-8,11,13-14H,2-4,9-10,12H2,1H3,(H,21,23)/t14-/m1/s1. The van der Waals surface area contributed by atoms with Crippen LogP contribution in [-0.4, -0.2) is 37.8 Å². The van der Waals surface area contributed by atoms with Gasteiger partial charge in [0, 0.05) is 25.6 Å². The highest BCUT2D eigenvalue weighted by molar-refractivity contribution is 7.89. The maximum Gasteiger partial charge on any atom is 0.253 e. The summed E-state index contributed by atoms with van der Waals surface area (Å²) in [6.45, 7) is 2.86. The van der Waals surface area contributed by atoms with Crippen LogP contribution >= 0.6 is 11.6 Å². The normalized spacial score (nSPS) is 16.8. The minimum Gasteiger partial charge on any atom is -0.469 e. The molecule has 3 rings (SSSR count). The summed E-state index contributed by atoms with van der Waals surface area (Å²) in [7, 11) is -3.62. The SMILES string of the molecule is C[C@H](Cc1ccco1)NC(=O)c1cc(S(=O)(=O)N2CCCCC2)ccc1Cl. The highest BCUT2D eigenvalue weighted by Crippen LogP contribution is 2.25. The minimum atomic E-state index is -3.62. The predicted octanol–water partition coefficient (Wildman–Crippen LogP) is 3.47. The molecule has 2 aromatic rings. The van der Waals surface area contributed by atoms with Crippen LogP contribution in [0.15, 0.2) is 45.9 Å². The van der Waals surface area contributed by atoms with Gasteiger partial charge in [0.2, 0.25) is 10.0 Å². The Hall–Kier alpha value is -1.83. The zero-order chi connectivity index (χ0) is 19.4. The number of nitrogens with zero attached hydrogens (tertiary/aromatic N) is 1. The molecule has 1 aliphatic rings. The third kappa shape index (κ3) is 4.72. The number of halogens is 1. The van der Waals surface area contributed by atoms with Crippen LogP contribution in [-0.2, 0) is 16.4 Å². The fourth-order valence-corrected chi connectivity index (χ4v) is 4.92. The number of sulfonamides is 1. The van der Waals surface area contributed by atoms with Gasteiger partial charge in [-0.25, -0.2) is 8.42 Å². The van der Waals surface area contributed by atoms with Crippen LogP contribution in [0.1, 0.15) is 42.3 Å². The first kappa shape index (κ1) is 19.9.